The van der Waals surface area contributed by atoms with E-state index in [1.807, 2.05) is 0 Å². The molecule has 1 unspecified atom stereocenters. The summed E-state index contributed by atoms with van der Waals surface area (Å²) in [7, 11) is 0. The van der Waals surface area contributed by atoms with Crippen LogP contribution in [0.25, 0.3) is 0 Å². The lowest BCUT2D eigenvalue weighted by Crippen LogP contribution is -2.31. The molecule has 0 saturated carbocycles. The second kappa shape index (κ2) is 6.62. The fraction of sp³-hybridized carbons (Fsp3) is 0.125. The van der Waals surface area contributed by atoms with Gasteiger partial charge in [0, 0.05) is 12.6 Å². The number of carbonyl (C=O) groups is 3. The zero-order valence-corrected chi connectivity index (χ0v) is 13.8. The van der Waals surface area contributed by atoms with Crippen molar-refractivity contribution in [2.45, 2.75) is 16.7 Å². The standard InChI is InChI=1S/C16H11ClN2O4S/c17-10-5-1-2-6-11(10)19-13(20)8-12(15(19)21)24-14-9(16(22)23)4-3-7-18-14/h1-7,12H,8H2,(H,22,23). The predicted molar refractivity (Wildman–Crippen MR) is 89.4 cm³/mol. The number of carbonyl (C=O) groups excluding carboxylic acids is 2. The van der Waals surface area contributed by atoms with Gasteiger partial charge in [0.1, 0.15) is 5.03 Å². The molecule has 24 heavy (non-hydrogen) atoms. The van der Waals surface area contributed by atoms with Crippen LogP contribution in [0.15, 0.2) is 47.6 Å². The van der Waals surface area contributed by atoms with Crippen molar-refractivity contribution in [3.05, 3.63) is 53.2 Å². The number of amides is 2. The number of carboxylic acid groups (broad SMARTS) is 1. The second-order valence-electron chi connectivity index (χ2n) is 4.99. The maximum Gasteiger partial charge on any atom is 0.338 e. The quantitative estimate of drug-likeness (QED) is 0.841. The number of hydrogen-bond donors (Lipinski definition) is 1. The Morgan fingerprint density at radius 1 is 1.25 bits per heavy atom. The molecule has 1 saturated heterocycles. The third-order valence-corrected chi connectivity index (χ3v) is 4.98. The fourth-order valence-corrected chi connectivity index (χ4v) is 3.69. The van der Waals surface area contributed by atoms with Gasteiger partial charge in [0.25, 0.3) is 0 Å². The molecule has 8 heteroatoms. The molecule has 1 aromatic carbocycles. The number of para-hydroxylation sites is 1. The van der Waals surface area contributed by atoms with E-state index in [0.717, 1.165) is 16.7 Å². The number of halogens is 1. The van der Waals surface area contributed by atoms with Crippen molar-refractivity contribution >= 4 is 46.8 Å². The highest BCUT2D eigenvalue weighted by Gasteiger charge is 2.41. The minimum Gasteiger partial charge on any atom is -0.478 e. The first-order valence-corrected chi connectivity index (χ1v) is 8.21. The van der Waals surface area contributed by atoms with Crippen LogP contribution in [0.3, 0.4) is 0 Å². The summed E-state index contributed by atoms with van der Waals surface area (Å²) < 4.78 is 0. The SMILES string of the molecule is O=C(O)c1cccnc1SC1CC(=O)N(c2ccccc2Cl)C1=O. The summed E-state index contributed by atoms with van der Waals surface area (Å²) in [5.41, 5.74) is 0.329. The van der Waals surface area contributed by atoms with E-state index in [1.165, 1.54) is 18.3 Å². The molecule has 0 bridgehead atoms. The number of rotatable bonds is 4. The summed E-state index contributed by atoms with van der Waals surface area (Å²) in [6.45, 7) is 0. The Labute approximate surface area is 146 Å². The molecular weight excluding hydrogens is 352 g/mol. The molecule has 3 rings (SSSR count). The highest BCUT2D eigenvalue weighted by Crippen LogP contribution is 2.36. The van der Waals surface area contributed by atoms with Gasteiger partial charge in [-0.2, -0.15) is 0 Å². The Kier molecular flexibility index (Phi) is 4.55. The maximum atomic E-state index is 12.6. The number of carboxylic acids is 1. The minimum atomic E-state index is -1.13. The van der Waals surface area contributed by atoms with E-state index in [0.29, 0.717) is 10.7 Å². The molecule has 0 radical (unpaired) electrons. The number of hydrogen-bond acceptors (Lipinski definition) is 5. The largest absolute Gasteiger partial charge is 0.478 e. The number of anilines is 1. The third kappa shape index (κ3) is 3.00. The number of thioether (sulfide) groups is 1. The monoisotopic (exact) mass is 362 g/mol. The van der Waals surface area contributed by atoms with E-state index in [-0.39, 0.29) is 22.9 Å². The number of benzene rings is 1. The molecule has 2 amide bonds. The first-order chi connectivity index (χ1) is 11.5. The van der Waals surface area contributed by atoms with Crippen LogP contribution < -0.4 is 4.90 Å². The summed E-state index contributed by atoms with van der Waals surface area (Å²) in [5, 5.41) is 8.96. The fourth-order valence-electron chi connectivity index (χ4n) is 2.36. The van der Waals surface area contributed by atoms with Gasteiger partial charge in [0.05, 0.1) is 21.5 Å². The Morgan fingerprint density at radius 3 is 2.71 bits per heavy atom. The minimum absolute atomic E-state index is 0.000979. The van der Waals surface area contributed by atoms with Crippen LogP contribution in [0.2, 0.25) is 5.02 Å². The van der Waals surface area contributed by atoms with Crippen LogP contribution in [0.4, 0.5) is 5.69 Å². The molecule has 1 aromatic heterocycles. The van der Waals surface area contributed by atoms with Crippen molar-refractivity contribution in [1.29, 1.82) is 0 Å². The van der Waals surface area contributed by atoms with Crippen LogP contribution in [-0.4, -0.2) is 33.1 Å². The molecule has 1 N–H and O–H groups in total. The zero-order valence-electron chi connectivity index (χ0n) is 12.2. The van der Waals surface area contributed by atoms with E-state index in [2.05, 4.69) is 4.98 Å². The summed E-state index contributed by atoms with van der Waals surface area (Å²) in [5.74, 6) is -1.94. The molecule has 6 nitrogen and oxygen atoms in total. The van der Waals surface area contributed by atoms with Gasteiger partial charge >= 0.3 is 5.97 Å². The van der Waals surface area contributed by atoms with Gasteiger partial charge in [-0.15, -0.1) is 0 Å². The van der Waals surface area contributed by atoms with Crippen molar-refractivity contribution in [1.82, 2.24) is 4.98 Å². The number of aromatic nitrogens is 1. The van der Waals surface area contributed by atoms with Crippen molar-refractivity contribution in [2.24, 2.45) is 0 Å². The summed E-state index contributed by atoms with van der Waals surface area (Å²) in [6, 6.07) is 9.49. The Bertz CT molecular complexity index is 842. The molecule has 1 atom stereocenters. The van der Waals surface area contributed by atoms with E-state index >= 15 is 0 Å². The summed E-state index contributed by atoms with van der Waals surface area (Å²) in [4.78, 5) is 41.2. The van der Waals surface area contributed by atoms with Crippen LogP contribution in [0, 0.1) is 0 Å². The van der Waals surface area contributed by atoms with Crippen molar-refractivity contribution < 1.29 is 19.5 Å². The number of imide groups is 1. The molecule has 0 aliphatic carbocycles. The topological polar surface area (TPSA) is 87.6 Å². The second-order valence-corrected chi connectivity index (χ2v) is 6.59. The summed E-state index contributed by atoms with van der Waals surface area (Å²) >= 11 is 7.04. The van der Waals surface area contributed by atoms with Gasteiger partial charge < -0.3 is 5.11 Å². The van der Waals surface area contributed by atoms with Gasteiger partial charge in [-0.3, -0.25) is 9.59 Å². The van der Waals surface area contributed by atoms with Gasteiger partial charge in [0.2, 0.25) is 11.8 Å². The van der Waals surface area contributed by atoms with E-state index in [4.69, 9.17) is 11.6 Å². The lowest BCUT2D eigenvalue weighted by Gasteiger charge is -2.16. The molecule has 0 spiro atoms. The van der Waals surface area contributed by atoms with Gasteiger partial charge in [0.15, 0.2) is 0 Å². The van der Waals surface area contributed by atoms with E-state index < -0.39 is 17.1 Å². The normalized spacial score (nSPS) is 17.4. The van der Waals surface area contributed by atoms with Gasteiger partial charge in [-0.1, -0.05) is 35.5 Å². The molecule has 2 heterocycles. The van der Waals surface area contributed by atoms with Crippen LogP contribution in [-0.2, 0) is 9.59 Å². The maximum absolute atomic E-state index is 12.6. The average Bonchev–Trinajstić information content (AvgIpc) is 2.82. The first-order valence-electron chi connectivity index (χ1n) is 6.95. The van der Waals surface area contributed by atoms with E-state index in [1.54, 1.807) is 24.3 Å². The molecular formula is C16H11ClN2O4S. The number of pyridine rings is 1. The number of nitrogens with zero attached hydrogens (tertiary/aromatic N) is 2. The number of aromatic carboxylic acids is 1. The van der Waals surface area contributed by atoms with E-state index in [9.17, 15) is 19.5 Å². The van der Waals surface area contributed by atoms with Crippen molar-refractivity contribution in [3.8, 4) is 0 Å². The highest BCUT2D eigenvalue weighted by atomic mass is 35.5. The van der Waals surface area contributed by atoms with Crippen LogP contribution in [0.1, 0.15) is 16.8 Å². The molecule has 2 aromatic rings. The first kappa shape index (κ1) is 16.5. The molecule has 1 aliphatic rings. The predicted octanol–water partition coefficient (Wildman–Crippen LogP) is 2.86. The summed E-state index contributed by atoms with van der Waals surface area (Å²) in [6.07, 6.45) is 1.41. The van der Waals surface area contributed by atoms with Crippen LogP contribution in [0.5, 0.6) is 0 Å². The van der Waals surface area contributed by atoms with Crippen molar-refractivity contribution in [3.63, 3.8) is 0 Å². The molecule has 1 aliphatic heterocycles. The Hall–Kier alpha value is -2.38. The van der Waals surface area contributed by atoms with Gasteiger partial charge in [-0.05, 0) is 24.3 Å². The lowest BCUT2D eigenvalue weighted by atomic mass is 10.3. The van der Waals surface area contributed by atoms with Crippen LogP contribution >= 0.6 is 23.4 Å². The Balaban J connectivity index is 1.88. The van der Waals surface area contributed by atoms with Crippen molar-refractivity contribution in [2.75, 3.05) is 4.90 Å². The zero-order chi connectivity index (χ0) is 17.3. The average molecular weight is 363 g/mol. The lowest BCUT2D eigenvalue weighted by molar-refractivity contribution is -0.121. The molecule has 1 fully saturated rings. The third-order valence-electron chi connectivity index (χ3n) is 3.45. The molecule has 122 valence electrons. The van der Waals surface area contributed by atoms with Gasteiger partial charge in [-0.25, -0.2) is 14.7 Å². The highest BCUT2D eigenvalue weighted by molar-refractivity contribution is 8.00. The Morgan fingerprint density at radius 2 is 2.00 bits per heavy atom. The smallest absolute Gasteiger partial charge is 0.338 e.